The highest BCUT2D eigenvalue weighted by Crippen LogP contribution is 2.30. The number of hydrogen-bond donors (Lipinski definition) is 1. The van der Waals surface area contributed by atoms with Gasteiger partial charge in [0.1, 0.15) is 11.5 Å². The molecule has 21 heavy (non-hydrogen) atoms. The minimum absolute atomic E-state index is 0.209. The molecule has 0 radical (unpaired) electrons. The van der Waals surface area contributed by atoms with Gasteiger partial charge in [-0.1, -0.05) is 5.16 Å². The molecular formula is C16H12N2O3. The fraction of sp³-hybridized carbons (Fsp3) is 0.125. The third-order valence-corrected chi connectivity index (χ3v) is 3.49. The first-order valence-electron chi connectivity index (χ1n) is 6.69. The van der Waals surface area contributed by atoms with Gasteiger partial charge in [-0.2, -0.15) is 4.98 Å². The van der Waals surface area contributed by atoms with Crippen molar-refractivity contribution in [1.29, 1.82) is 0 Å². The van der Waals surface area contributed by atoms with Crippen molar-refractivity contribution in [2.45, 2.75) is 6.42 Å². The molecule has 4 rings (SSSR count). The smallest absolute Gasteiger partial charge is 0.258 e. The molecule has 0 unspecified atom stereocenters. The van der Waals surface area contributed by atoms with Crippen LogP contribution in [0.5, 0.6) is 11.5 Å². The highest BCUT2D eigenvalue weighted by molar-refractivity contribution is 5.62. The van der Waals surface area contributed by atoms with E-state index in [2.05, 4.69) is 10.1 Å². The average Bonchev–Trinajstić information content (AvgIpc) is 3.16. The Bertz CT molecular complexity index is 794. The molecule has 1 N–H and O–H groups in total. The van der Waals surface area contributed by atoms with Crippen LogP contribution in [0.15, 0.2) is 47.0 Å². The first kappa shape index (κ1) is 12.0. The average molecular weight is 280 g/mol. The number of aromatic nitrogens is 2. The largest absolute Gasteiger partial charge is 0.508 e. The van der Waals surface area contributed by atoms with E-state index in [-0.39, 0.29) is 5.75 Å². The van der Waals surface area contributed by atoms with E-state index in [1.165, 1.54) is 0 Å². The lowest BCUT2D eigenvalue weighted by Gasteiger charge is -1.99. The van der Waals surface area contributed by atoms with Crippen LogP contribution in [-0.2, 0) is 6.42 Å². The normalized spacial score (nSPS) is 13.0. The Morgan fingerprint density at radius 2 is 1.81 bits per heavy atom. The van der Waals surface area contributed by atoms with Gasteiger partial charge in [0.05, 0.1) is 6.61 Å². The van der Waals surface area contributed by atoms with Gasteiger partial charge in [-0.15, -0.1) is 0 Å². The monoisotopic (exact) mass is 280 g/mol. The van der Waals surface area contributed by atoms with Gasteiger partial charge >= 0.3 is 0 Å². The van der Waals surface area contributed by atoms with E-state index in [1.807, 2.05) is 18.2 Å². The number of ether oxygens (including phenoxy) is 1. The summed E-state index contributed by atoms with van der Waals surface area (Å²) in [5, 5.41) is 13.3. The standard InChI is InChI=1S/C16H12N2O3/c19-13-4-1-10(2-5-13)15-17-16(21-18-15)12-3-6-14-11(9-12)7-8-20-14/h1-6,9,19H,7-8H2. The zero-order valence-corrected chi connectivity index (χ0v) is 11.1. The number of hydrogen-bond acceptors (Lipinski definition) is 5. The fourth-order valence-electron chi connectivity index (χ4n) is 2.39. The second-order valence-corrected chi connectivity index (χ2v) is 4.89. The van der Waals surface area contributed by atoms with Gasteiger partial charge in [0.15, 0.2) is 0 Å². The Morgan fingerprint density at radius 1 is 1.00 bits per heavy atom. The maximum atomic E-state index is 9.30. The SMILES string of the molecule is Oc1ccc(-c2noc(-c3ccc4c(c3)CCO4)n2)cc1. The lowest BCUT2D eigenvalue weighted by atomic mass is 10.1. The van der Waals surface area contributed by atoms with Crippen molar-refractivity contribution in [1.82, 2.24) is 10.1 Å². The second-order valence-electron chi connectivity index (χ2n) is 4.89. The number of benzene rings is 2. The van der Waals surface area contributed by atoms with Crippen molar-refractivity contribution in [3.8, 4) is 34.3 Å². The summed E-state index contributed by atoms with van der Waals surface area (Å²) in [6.07, 6.45) is 0.905. The second kappa shape index (κ2) is 4.63. The van der Waals surface area contributed by atoms with Gasteiger partial charge in [-0.3, -0.25) is 0 Å². The molecule has 0 aliphatic carbocycles. The van der Waals surface area contributed by atoms with Crippen LogP contribution in [0, 0.1) is 0 Å². The molecule has 0 amide bonds. The number of nitrogens with zero attached hydrogens (tertiary/aromatic N) is 2. The van der Waals surface area contributed by atoms with E-state index in [0.717, 1.165) is 35.5 Å². The van der Waals surface area contributed by atoms with Gasteiger partial charge in [0, 0.05) is 17.5 Å². The molecule has 0 spiro atoms. The molecule has 0 bridgehead atoms. The summed E-state index contributed by atoms with van der Waals surface area (Å²) < 4.78 is 10.8. The molecule has 1 aliphatic rings. The Hall–Kier alpha value is -2.82. The minimum atomic E-state index is 0.209. The molecule has 1 aliphatic heterocycles. The maximum Gasteiger partial charge on any atom is 0.258 e. The van der Waals surface area contributed by atoms with Crippen LogP contribution in [0.3, 0.4) is 0 Å². The van der Waals surface area contributed by atoms with Crippen LogP contribution in [-0.4, -0.2) is 21.9 Å². The summed E-state index contributed by atoms with van der Waals surface area (Å²) in [6, 6.07) is 12.6. The van der Waals surface area contributed by atoms with E-state index >= 15 is 0 Å². The van der Waals surface area contributed by atoms with Crippen molar-refractivity contribution in [3.05, 3.63) is 48.0 Å². The van der Waals surface area contributed by atoms with Crippen LogP contribution < -0.4 is 4.74 Å². The van der Waals surface area contributed by atoms with Crippen molar-refractivity contribution >= 4 is 0 Å². The van der Waals surface area contributed by atoms with Crippen molar-refractivity contribution in [2.24, 2.45) is 0 Å². The summed E-state index contributed by atoms with van der Waals surface area (Å²) in [6.45, 7) is 0.724. The summed E-state index contributed by atoms with van der Waals surface area (Å²) in [4.78, 5) is 4.41. The Morgan fingerprint density at radius 3 is 2.67 bits per heavy atom. The quantitative estimate of drug-likeness (QED) is 0.781. The summed E-state index contributed by atoms with van der Waals surface area (Å²) in [7, 11) is 0. The van der Waals surface area contributed by atoms with Crippen molar-refractivity contribution < 1.29 is 14.4 Å². The molecule has 0 atom stereocenters. The number of fused-ring (bicyclic) bond motifs is 1. The van der Waals surface area contributed by atoms with Crippen LogP contribution in [0.25, 0.3) is 22.8 Å². The van der Waals surface area contributed by atoms with Gasteiger partial charge in [-0.05, 0) is 48.0 Å². The molecule has 0 saturated heterocycles. The van der Waals surface area contributed by atoms with Gasteiger partial charge in [0.2, 0.25) is 5.82 Å². The molecule has 1 aromatic heterocycles. The molecule has 5 heteroatoms. The lowest BCUT2D eigenvalue weighted by Crippen LogP contribution is -1.85. The molecule has 3 aromatic rings. The Labute approximate surface area is 120 Å². The van der Waals surface area contributed by atoms with E-state index in [4.69, 9.17) is 9.26 Å². The third kappa shape index (κ3) is 2.12. The maximum absolute atomic E-state index is 9.30. The molecule has 2 aromatic carbocycles. The van der Waals surface area contributed by atoms with Crippen LogP contribution in [0.4, 0.5) is 0 Å². The predicted molar refractivity (Wildman–Crippen MR) is 76.0 cm³/mol. The molecule has 104 valence electrons. The van der Waals surface area contributed by atoms with Crippen molar-refractivity contribution in [3.63, 3.8) is 0 Å². The third-order valence-electron chi connectivity index (χ3n) is 3.49. The summed E-state index contributed by atoms with van der Waals surface area (Å²) in [5.41, 5.74) is 2.85. The number of phenolic OH excluding ortho intramolecular Hbond substituents is 1. The van der Waals surface area contributed by atoms with Crippen molar-refractivity contribution in [2.75, 3.05) is 6.61 Å². The highest BCUT2D eigenvalue weighted by Gasteiger charge is 2.16. The first-order chi connectivity index (χ1) is 10.3. The number of rotatable bonds is 2. The van der Waals surface area contributed by atoms with Crippen LogP contribution >= 0.6 is 0 Å². The zero-order chi connectivity index (χ0) is 14.2. The van der Waals surface area contributed by atoms with Crippen LogP contribution in [0.2, 0.25) is 0 Å². The summed E-state index contributed by atoms with van der Waals surface area (Å²) >= 11 is 0. The first-order valence-corrected chi connectivity index (χ1v) is 6.69. The predicted octanol–water partition coefficient (Wildman–Crippen LogP) is 3.04. The molecule has 2 heterocycles. The van der Waals surface area contributed by atoms with E-state index in [1.54, 1.807) is 24.3 Å². The zero-order valence-electron chi connectivity index (χ0n) is 11.1. The van der Waals surface area contributed by atoms with Gasteiger partial charge < -0.3 is 14.4 Å². The highest BCUT2D eigenvalue weighted by atomic mass is 16.5. The van der Waals surface area contributed by atoms with E-state index in [9.17, 15) is 5.11 Å². The summed E-state index contributed by atoms with van der Waals surface area (Å²) in [5.74, 6) is 2.12. The Kier molecular flexibility index (Phi) is 2.64. The lowest BCUT2D eigenvalue weighted by molar-refractivity contribution is 0.357. The van der Waals surface area contributed by atoms with Gasteiger partial charge in [0.25, 0.3) is 5.89 Å². The van der Waals surface area contributed by atoms with Gasteiger partial charge in [-0.25, -0.2) is 0 Å². The Balaban J connectivity index is 1.69. The topological polar surface area (TPSA) is 68.4 Å². The van der Waals surface area contributed by atoms with E-state index < -0.39 is 0 Å². The molecule has 5 nitrogen and oxygen atoms in total. The van der Waals surface area contributed by atoms with Crippen LogP contribution in [0.1, 0.15) is 5.56 Å². The fourth-order valence-corrected chi connectivity index (χ4v) is 2.39. The minimum Gasteiger partial charge on any atom is -0.508 e. The molecular weight excluding hydrogens is 268 g/mol. The molecule has 0 saturated carbocycles. The number of phenols is 1. The molecule has 0 fully saturated rings. The number of aromatic hydroxyl groups is 1. The van der Waals surface area contributed by atoms with E-state index in [0.29, 0.717) is 11.7 Å².